The number of carbonyl (C=O) groups excluding carboxylic acids is 3. The fraction of sp³-hybridized carbons (Fsp3) is 0.550. The molecule has 2 N–H and O–H groups in total. The summed E-state index contributed by atoms with van der Waals surface area (Å²) in [6.45, 7) is -0.387. The highest BCUT2D eigenvalue weighted by Crippen LogP contribution is 2.60. The Bertz CT molecular complexity index is 726. The summed E-state index contributed by atoms with van der Waals surface area (Å²) in [4.78, 5) is 36.6. The van der Waals surface area contributed by atoms with Gasteiger partial charge in [-0.15, -0.1) is 0 Å². The number of rotatable bonds is 4. The molecule has 0 heterocycles. The molecule has 0 saturated heterocycles. The Morgan fingerprint density at radius 3 is 2.07 bits per heavy atom. The average Bonchev–Trinajstić information content (AvgIpc) is 2.63. The molecule has 4 aliphatic rings. The zero-order chi connectivity index (χ0) is 19.0. The van der Waals surface area contributed by atoms with Gasteiger partial charge in [-0.05, 0) is 80.5 Å². The van der Waals surface area contributed by atoms with E-state index in [9.17, 15) is 14.4 Å². The van der Waals surface area contributed by atoms with E-state index in [-0.39, 0.29) is 18.0 Å². The molecule has 5 rings (SSSR count). The van der Waals surface area contributed by atoms with Crippen LogP contribution in [0.3, 0.4) is 0 Å². The summed E-state index contributed by atoms with van der Waals surface area (Å²) in [6.07, 6.45) is 6.41. The van der Waals surface area contributed by atoms with Crippen LogP contribution in [0.15, 0.2) is 24.3 Å². The highest BCUT2D eigenvalue weighted by molar-refractivity contribution is 6.30. The van der Waals surface area contributed by atoms with Crippen LogP contribution in [0.1, 0.15) is 48.9 Å². The number of ether oxygens (including phenoxy) is 1. The van der Waals surface area contributed by atoms with Crippen molar-refractivity contribution in [2.75, 3.05) is 6.61 Å². The minimum Gasteiger partial charge on any atom is -0.455 e. The van der Waals surface area contributed by atoms with Gasteiger partial charge in [-0.1, -0.05) is 11.6 Å². The quantitative estimate of drug-likeness (QED) is 0.611. The Balaban J connectivity index is 1.25. The molecule has 0 aromatic heterocycles. The third kappa shape index (κ3) is 3.81. The molecule has 1 aromatic carbocycles. The van der Waals surface area contributed by atoms with Gasteiger partial charge in [0.1, 0.15) is 0 Å². The molecule has 0 unspecified atom stereocenters. The lowest BCUT2D eigenvalue weighted by Gasteiger charge is -2.55. The summed E-state index contributed by atoms with van der Waals surface area (Å²) in [5.74, 6) is 0.632. The molecule has 0 atom stereocenters. The number of carbonyl (C=O) groups is 3. The van der Waals surface area contributed by atoms with Crippen molar-refractivity contribution in [3.8, 4) is 0 Å². The topological polar surface area (TPSA) is 84.5 Å². The molecule has 4 fully saturated rings. The average molecular weight is 391 g/mol. The highest BCUT2D eigenvalue weighted by atomic mass is 35.5. The number of hydrogen-bond donors (Lipinski definition) is 2. The maximum Gasteiger partial charge on any atom is 0.312 e. The monoisotopic (exact) mass is 390 g/mol. The van der Waals surface area contributed by atoms with Crippen molar-refractivity contribution in [1.82, 2.24) is 10.9 Å². The third-order valence-corrected chi connectivity index (χ3v) is 6.48. The highest BCUT2D eigenvalue weighted by Gasteiger charge is 2.55. The van der Waals surface area contributed by atoms with E-state index < -0.39 is 11.8 Å². The SMILES string of the molecule is O=C(COC(=O)C12CC3CC(CC(C3)C1)C2)NNC(=O)c1ccc(Cl)cc1. The zero-order valence-electron chi connectivity index (χ0n) is 15.0. The number of benzene rings is 1. The Kier molecular flexibility index (Phi) is 4.84. The van der Waals surface area contributed by atoms with Crippen LogP contribution >= 0.6 is 11.6 Å². The largest absolute Gasteiger partial charge is 0.455 e. The molecule has 7 heteroatoms. The number of esters is 1. The van der Waals surface area contributed by atoms with E-state index in [0.29, 0.717) is 28.3 Å². The van der Waals surface area contributed by atoms with E-state index in [1.807, 2.05) is 0 Å². The predicted octanol–water partition coefficient (Wildman–Crippen LogP) is 2.86. The summed E-state index contributed by atoms with van der Waals surface area (Å²) in [5, 5.41) is 0.521. The Morgan fingerprint density at radius 1 is 0.963 bits per heavy atom. The lowest BCUT2D eigenvalue weighted by Crippen LogP contribution is -2.51. The van der Waals surface area contributed by atoms with Gasteiger partial charge in [-0.3, -0.25) is 25.2 Å². The van der Waals surface area contributed by atoms with Gasteiger partial charge in [-0.2, -0.15) is 0 Å². The molecule has 144 valence electrons. The van der Waals surface area contributed by atoms with E-state index in [1.165, 1.54) is 19.3 Å². The lowest BCUT2D eigenvalue weighted by atomic mass is 9.49. The van der Waals surface area contributed by atoms with Gasteiger partial charge in [0.15, 0.2) is 6.61 Å². The number of amides is 2. The normalized spacial score (nSPS) is 30.6. The number of nitrogens with one attached hydrogen (secondary N) is 2. The molecule has 1 aromatic rings. The van der Waals surface area contributed by atoms with Gasteiger partial charge in [0.25, 0.3) is 11.8 Å². The third-order valence-electron chi connectivity index (χ3n) is 6.23. The molecule has 6 nitrogen and oxygen atoms in total. The van der Waals surface area contributed by atoms with Gasteiger partial charge >= 0.3 is 5.97 Å². The molecule has 0 aliphatic heterocycles. The first-order valence-corrected chi connectivity index (χ1v) is 9.83. The van der Waals surface area contributed by atoms with Crippen molar-refractivity contribution in [1.29, 1.82) is 0 Å². The standard InChI is InChI=1S/C20H23ClN2O4/c21-16-3-1-15(2-4-16)18(25)23-22-17(24)11-27-19(26)20-8-12-5-13(9-20)7-14(6-12)10-20/h1-4,12-14H,5-11H2,(H,22,24)(H,23,25). The molecule has 2 amide bonds. The first kappa shape index (κ1) is 18.3. The minimum absolute atomic E-state index is 0.249. The van der Waals surface area contributed by atoms with Crippen molar-refractivity contribution in [2.24, 2.45) is 23.2 Å². The van der Waals surface area contributed by atoms with Crippen LogP contribution in [0.5, 0.6) is 0 Å². The Hall–Kier alpha value is -2.08. The van der Waals surface area contributed by atoms with E-state index in [1.54, 1.807) is 24.3 Å². The van der Waals surface area contributed by atoms with Crippen LogP contribution in [0.25, 0.3) is 0 Å². The van der Waals surface area contributed by atoms with Gasteiger partial charge in [0.2, 0.25) is 0 Å². The van der Waals surface area contributed by atoms with Crippen molar-refractivity contribution < 1.29 is 19.1 Å². The molecule has 27 heavy (non-hydrogen) atoms. The van der Waals surface area contributed by atoms with Gasteiger partial charge in [0, 0.05) is 10.6 Å². The minimum atomic E-state index is -0.560. The fourth-order valence-electron chi connectivity index (χ4n) is 5.48. The predicted molar refractivity (Wildman–Crippen MR) is 98.6 cm³/mol. The second kappa shape index (κ2) is 7.15. The number of halogens is 1. The molecule has 4 aliphatic carbocycles. The molecule has 0 radical (unpaired) electrons. The smallest absolute Gasteiger partial charge is 0.312 e. The molecular formula is C20H23ClN2O4. The second-order valence-corrected chi connectivity index (χ2v) is 8.72. The summed E-state index contributed by atoms with van der Waals surface area (Å²) in [6, 6.07) is 6.28. The van der Waals surface area contributed by atoms with Crippen LogP contribution in [-0.2, 0) is 14.3 Å². The lowest BCUT2D eigenvalue weighted by molar-refractivity contribution is -0.173. The van der Waals surface area contributed by atoms with E-state index in [0.717, 1.165) is 19.3 Å². The van der Waals surface area contributed by atoms with E-state index in [4.69, 9.17) is 16.3 Å². The molecule has 4 bridgehead atoms. The Labute approximate surface area is 162 Å². The first-order valence-electron chi connectivity index (χ1n) is 9.45. The van der Waals surface area contributed by atoms with Crippen LogP contribution < -0.4 is 10.9 Å². The van der Waals surface area contributed by atoms with Crippen LogP contribution in [-0.4, -0.2) is 24.4 Å². The van der Waals surface area contributed by atoms with Gasteiger partial charge in [0.05, 0.1) is 5.41 Å². The maximum absolute atomic E-state index is 12.7. The fourth-order valence-corrected chi connectivity index (χ4v) is 5.61. The van der Waals surface area contributed by atoms with Crippen LogP contribution in [0.4, 0.5) is 0 Å². The van der Waals surface area contributed by atoms with Crippen molar-refractivity contribution in [3.63, 3.8) is 0 Å². The van der Waals surface area contributed by atoms with Crippen LogP contribution in [0, 0.1) is 23.2 Å². The van der Waals surface area contributed by atoms with Gasteiger partial charge < -0.3 is 4.74 Å². The van der Waals surface area contributed by atoms with Crippen molar-refractivity contribution in [3.05, 3.63) is 34.9 Å². The van der Waals surface area contributed by atoms with E-state index in [2.05, 4.69) is 10.9 Å². The number of hydrazine groups is 1. The summed E-state index contributed by atoms with van der Waals surface area (Å²) < 4.78 is 5.32. The van der Waals surface area contributed by atoms with Crippen molar-refractivity contribution >= 4 is 29.4 Å². The Morgan fingerprint density at radius 2 is 1.52 bits per heavy atom. The van der Waals surface area contributed by atoms with Gasteiger partial charge in [-0.25, -0.2) is 0 Å². The molecular weight excluding hydrogens is 368 g/mol. The zero-order valence-corrected chi connectivity index (χ0v) is 15.8. The summed E-state index contributed by atoms with van der Waals surface area (Å²) in [7, 11) is 0. The molecule has 4 saturated carbocycles. The molecule has 0 spiro atoms. The first-order chi connectivity index (χ1) is 12.9. The summed E-state index contributed by atoms with van der Waals surface area (Å²) >= 11 is 5.78. The maximum atomic E-state index is 12.7. The van der Waals surface area contributed by atoms with E-state index >= 15 is 0 Å². The van der Waals surface area contributed by atoms with Crippen molar-refractivity contribution in [2.45, 2.75) is 38.5 Å². The second-order valence-electron chi connectivity index (χ2n) is 8.28. The van der Waals surface area contributed by atoms with Crippen LogP contribution in [0.2, 0.25) is 5.02 Å². The summed E-state index contributed by atoms with van der Waals surface area (Å²) in [5.41, 5.74) is 4.56. The number of hydrogen-bond acceptors (Lipinski definition) is 4.